The molecule has 0 spiro atoms. The molecule has 4 atom stereocenters. The minimum Gasteiger partial charge on any atom is -0.391 e. The van der Waals surface area contributed by atoms with Crippen LogP contribution in [0.2, 0.25) is 0 Å². The molecule has 0 aromatic rings. The normalized spacial score (nSPS) is 22.9. The second kappa shape index (κ2) is 4.66. The van der Waals surface area contributed by atoms with Crippen molar-refractivity contribution in [1.82, 2.24) is 0 Å². The molecule has 0 heterocycles. The van der Waals surface area contributed by atoms with Crippen LogP contribution in [0.15, 0.2) is 0 Å². The first-order valence-electron chi connectivity index (χ1n) is 3.94. The fourth-order valence-corrected chi connectivity index (χ4v) is 1.09. The predicted octanol–water partition coefficient (Wildman–Crippen LogP) is -1.31. The van der Waals surface area contributed by atoms with Gasteiger partial charge in [-0.1, -0.05) is 0 Å². The Morgan fingerprint density at radius 1 is 1.46 bits per heavy atom. The topological polar surface area (TPSA) is 87.0 Å². The Morgan fingerprint density at radius 3 is 2.15 bits per heavy atom. The molecule has 5 heteroatoms. The van der Waals surface area contributed by atoms with E-state index in [9.17, 15) is 15.0 Å². The van der Waals surface area contributed by atoms with Crippen molar-refractivity contribution in [1.29, 1.82) is 0 Å². The second-order valence-electron chi connectivity index (χ2n) is 3.20. The van der Waals surface area contributed by atoms with E-state index in [2.05, 4.69) is 4.74 Å². The quantitative estimate of drug-likeness (QED) is 0.471. The molecule has 13 heavy (non-hydrogen) atoms. The van der Waals surface area contributed by atoms with Crippen molar-refractivity contribution in [2.24, 2.45) is 0 Å². The molecule has 78 valence electrons. The van der Waals surface area contributed by atoms with E-state index < -0.39 is 23.9 Å². The molecule has 0 saturated heterocycles. The van der Waals surface area contributed by atoms with Gasteiger partial charge in [0.2, 0.25) is 0 Å². The van der Waals surface area contributed by atoms with Crippen LogP contribution in [0.3, 0.4) is 0 Å². The van der Waals surface area contributed by atoms with Gasteiger partial charge < -0.3 is 24.9 Å². The number of aliphatic hydroxyl groups excluding tert-OH is 2. The number of hydrogen-bond acceptors (Lipinski definition) is 5. The van der Waals surface area contributed by atoms with Crippen LogP contribution < -0.4 is 0 Å². The molecule has 0 radical (unpaired) electrons. The molecular formula is C8H16O5. The third-order valence-electron chi connectivity index (χ3n) is 2.01. The van der Waals surface area contributed by atoms with Crippen LogP contribution >= 0.6 is 0 Å². The number of rotatable bonds is 5. The Balaban J connectivity index is 4.60. The van der Waals surface area contributed by atoms with Crippen LogP contribution in [0.5, 0.6) is 0 Å². The number of methoxy groups -OCH3 is 1. The Hall–Kier alpha value is -0.490. The minimum atomic E-state index is -1.79. The van der Waals surface area contributed by atoms with Gasteiger partial charge in [0, 0.05) is 7.11 Å². The van der Waals surface area contributed by atoms with Crippen LogP contribution in [0, 0.1) is 0 Å². The summed E-state index contributed by atoms with van der Waals surface area (Å²) in [6.07, 6.45) is -3.33. The lowest BCUT2D eigenvalue weighted by atomic mass is 9.90. The lowest BCUT2D eigenvalue weighted by Gasteiger charge is -2.34. The lowest BCUT2D eigenvalue weighted by Crippen LogP contribution is -2.55. The van der Waals surface area contributed by atoms with E-state index in [0.717, 1.165) is 0 Å². The van der Waals surface area contributed by atoms with Gasteiger partial charge in [-0.15, -0.1) is 0 Å². The summed E-state index contributed by atoms with van der Waals surface area (Å²) >= 11 is 0. The van der Waals surface area contributed by atoms with Crippen molar-refractivity contribution < 1.29 is 24.9 Å². The summed E-state index contributed by atoms with van der Waals surface area (Å²) in [5.74, 6) is 0. The van der Waals surface area contributed by atoms with Crippen molar-refractivity contribution in [3.05, 3.63) is 0 Å². The molecule has 0 aliphatic carbocycles. The van der Waals surface area contributed by atoms with Crippen molar-refractivity contribution in [3.63, 3.8) is 0 Å². The maximum atomic E-state index is 10.4. The Labute approximate surface area is 77.0 Å². The monoisotopic (exact) mass is 192 g/mol. The fourth-order valence-electron chi connectivity index (χ4n) is 1.09. The number of carbonyl (C=O) groups is 1. The van der Waals surface area contributed by atoms with Gasteiger partial charge >= 0.3 is 0 Å². The number of ether oxygens (including phenoxy) is 1. The van der Waals surface area contributed by atoms with Crippen molar-refractivity contribution in [3.8, 4) is 0 Å². The molecule has 0 aliphatic heterocycles. The maximum absolute atomic E-state index is 10.4. The van der Waals surface area contributed by atoms with E-state index in [0.29, 0.717) is 6.29 Å². The first-order valence-corrected chi connectivity index (χ1v) is 3.94. The van der Waals surface area contributed by atoms with Gasteiger partial charge in [0.15, 0.2) is 6.29 Å². The van der Waals surface area contributed by atoms with E-state index in [1.54, 1.807) is 0 Å². The molecule has 0 unspecified atom stereocenters. The highest BCUT2D eigenvalue weighted by Gasteiger charge is 2.41. The zero-order valence-corrected chi connectivity index (χ0v) is 7.97. The third kappa shape index (κ3) is 2.73. The molecule has 0 aromatic carbocycles. The van der Waals surface area contributed by atoms with Crippen LogP contribution in [0.25, 0.3) is 0 Å². The van der Waals surface area contributed by atoms with Crippen LogP contribution in [0.1, 0.15) is 13.8 Å². The molecule has 0 saturated carbocycles. The maximum Gasteiger partial charge on any atom is 0.151 e. The third-order valence-corrected chi connectivity index (χ3v) is 2.01. The number of hydrogen-bond donors (Lipinski definition) is 3. The second-order valence-corrected chi connectivity index (χ2v) is 3.20. The van der Waals surface area contributed by atoms with Crippen molar-refractivity contribution >= 4 is 6.29 Å². The zero-order chi connectivity index (χ0) is 10.6. The molecule has 0 rings (SSSR count). The lowest BCUT2D eigenvalue weighted by molar-refractivity contribution is -0.172. The minimum absolute atomic E-state index is 0.381. The number of aliphatic hydroxyl groups is 3. The standard InChI is InChI=1S/C8H16O5/c1-5(10)7(11)8(2,12)6(4-9)13-3/h4-7,10-12H,1-3H3/t5-,6-,7-,8-/m0/s1. The van der Waals surface area contributed by atoms with E-state index in [4.69, 9.17) is 5.11 Å². The van der Waals surface area contributed by atoms with Gasteiger partial charge in [-0.2, -0.15) is 0 Å². The Morgan fingerprint density at radius 2 is 1.92 bits per heavy atom. The number of aldehydes is 1. The summed E-state index contributed by atoms with van der Waals surface area (Å²) in [5.41, 5.74) is -1.79. The van der Waals surface area contributed by atoms with Crippen LogP contribution in [0.4, 0.5) is 0 Å². The first kappa shape index (κ1) is 12.5. The van der Waals surface area contributed by atoms with Gasteiger partial charge in [0.05, 0.1) is 6.10 Å². The van der Waals surface area contributed by atoms with Crippen LogP contribution in [-0.2, 0) is 9.53 Å². The van der Waals surface area contributed by atoms with E-state index in [1.807, 2.05) is 0 Å². The molecule has 3 N–H and O–H groups in total. The van der Waals surface area contributed by atoms with Gasteiger partial charge in [-0.05, 0) is 13.8 Å². The summed E-state index contributed by atoms with van der Waals surface area (Å²) in [7, 11) is 1.24. The smallest absolute Gasteiger partial charge is 0.151 e. The van der Waals surface area contributed by atoms with Crippen molar-refractivity contribution in [2.45, 2.75) is 37.8 Å². The number of carbonyl (C=O) groups excluding carboxylic acids is 1. The van der Waals surface area contributed by atoms with Gasteiger partial charge in [0.25, 0.3) is 0 Å². The van der Waals surface area contributed by atoms with Crippen LogP contribution in [-0.4, -0.2) is 52.6 Å². The van der Waals surface area contributed by atoms with E-state index in [-0.39, 0.29) is 0 Å². The summed E-state index contributed by atoms with van der Waals surface area (Å²) < 4.78 is 4.65. The highest BCUT2D eigenvalue weighted by molar-refractivity contribution is 5.58. The molecule has 0 bridgehead atoms. The van der Waals surface area contributed by atoms with Gasteiger partial charge in [-0.25, -0.2) is 0 Å². The molecule has 5 nitrogen and oxygen atoms in total. The largest absolute Gasteiger partial charge is 0.391 e. The van der Waals surface area contributed by atoms with Gasteiger partial charge in [0.1, 0.15) is 17.8 Å². The highest BCUT2D eigenvalue weighted by atomic mass is 16.5. The average Bonchev–Trinajstić information content (AvgIpc) is 2.04. The average molecular weight is 192 g/mol. The molecular weight excluding hydrogens is 176 g/mol. The Bertz CT molecular complexity index is 166. The summed E-state index contributed by atoms with van der Waals surface area (Å²) in [6.45, 7) is 2.55. The van der Waals surface area contributed by atoms with E-state index >= 15 is 0 Å². The predicted molar refractivity (Wildman–Crippen MR) is 45.2 cm³/mol. The van der Waals surface area contributed by atoms with Crippen molar-refractivity contribution in [2.75, 3.05) is 7.11 Å². The molecule has 0 amide bonds. The molecule has 0 aliphatic rings. The Kier molecular flexibility index (Phi) is 4.49. The van der Waals surface area contributed by atoms with Gasteiger partial charge in [-0.3, -0.25) is 0 Å². The molecule has 0 fully saturated rings. The first-order chi connectivity index (χ1) is 5.87. The summed E-state index contributed by atoms with van der Waals surface area (Å²) in [5, 5.41) is 28.0. The molecule has 0 aromatic heterocycles. The summed E-state index contributed by atoms with van der Waals surface area (Å²) in [4.78, 5) is 10.4. The SMILES string of the molecule is CO[C@@H](C=O)[C@](C)(O)[C@@H](O)[C@H](C)O. The highest BCUT2D eigenvalue weighted by Crippen LogP contribution is 2.18. The summed E-state index contributed by atoms with van der Waals surface area (Å²) in [6, 6.07) is 0. The van der Waals surface area contributed by atoms with E-state index in [1.165, 1.54) is 21.0 Å². The zero-order valence-electron chi connectivity index (χ0n) is 7.97. The fraction of sp³-hybridized carbons (Fsp3) is 0.875.